The van der Waals surface area contributed by atoms with Gasteiger partial charge in [-0.05, 0) is 17.7 Å². The summed E-state index contributed by atoms with van der Waals surface area (Å²) in [7, 11) is 0. The van der Waals surface area contributed by atoms with Gasteiger partial charge in [0.1, 0.15) is 0 Å². The van der Waals surface area contributed by atoms with Crippen LogP contribution >= 0.6 is 0 Å². The molecule has 0 bridgehead atoms. The zero-order valence-corrected chi connectivity index (χ0v) is 7.55. The summed E-state index contributed by atoms with van der Waals surface area (Å²) in [6.07, 6.45) is 4.08. The van der Waals surface area contributed by atoms with Crippen molar-refractivity contribution in [2.45, 2.75) is 13.0 Å². The molecule has 5 nitrogen and oxygen atoms in total. The van der Waals surface area contributed by atoms with Gasteiger partial charge in [-0.3, -0.25) is 4.98 Å². The number of pyridine rings is 1. The Morgan fingerprint density at radius 2 is 2.07 bits per heavy atom. The van der Waals surface area contributed by atoms with Crippen LogP contribution in [0.25, 0.3) is 0 Å². The van der Waals surface area contributed by atoms with Crippen molar-refractivity contribution in [3.8, 4) is 0 Å². The van der Waals surface area contributed by atoms with Gasteiger partial charge in [0.25, 0.3) is 0 Å². The summed E-state index contributed by atoms with van der Waals surface area (Å²) in [4.78, 5) is 8.02. The van der Waals surface area contributed by atoms with Gasteiger partial charge < -0.3 is 10.3 Å². The van der Waals surface area contributed by atoms with E-state index in [0.717, 1.165) is 5.56 Å². The molecule has 2 N–H and O–H groups in total. The normalized spacial score (nSPS) is 10.4. The second-order valence-corrected chi connectivity index (χ2v) is 2.84. The fourth-order valence-electron chi connectivity index (χ4n) is 1.12. The smallest absolute Gasteiger partial charge is 0.231 e. The fourth-order valence-corrected chi connectivity index (χ4v) is 1.12. The number of aromatic nitrogens is 3. The summed E-state index contributed by atoms with van der Waals surface area (Å²) in [5.74, 6) is 1.12. The third kappa shape index (κ3) is 1.94. The first kappa shape index (κ1) is 8.83. The Balaban J connectivity index is 2.11. The first-order valence-electron chi connectivity index (χ1n) is 4.29. The van der Waals surface area contributed by atoms with Crippen molar-refractivity contribution in [1.29, 1.82) is 0 Å². The van der Waals surface area contributed by atoms with Gasteiger partial charge in [0.15, 0.2) is 5.82 Å². The highest BCUT2D eigenvalue weighted by Crippen LogP contribution is 2.05. The molecule has 0 aliphatic heterocycles. The van der Waals surface area contributed by atoms with Gasteiger partial charge >= 0.3 is 0 Å². The highest BCUT2D eigenvalue weighted by atomic mass is 16.5. The van der Waals surface area contributed by atoms with E-state index in [1.54, 1.807) is 12.4 Å². The fraction of sp³-hybridized carbons (Fsp3) is 0.222. The largest absolute Gasteiger partial charge is 0.339 e. The Bertz CT molecular complexity index is 398. The molecule has 0 aliphatic rings. The molecule has 0 spiro atoms. The van der Waals surface area contributed by atoms with Crippen LogP contribution in [0.5, 0.6) is 0 Å². The number of nitrogens with zero attached hydrogens (tertiary/aromatic N) is 3. The van der Waals surface area contributed by atoms with E-state index in [0.29, 0.717) is 24.7 Å². The molecule has 0 aromatic carbocycles. The molecule has 0 atom stereocenters. The Morgan fingerprint density at radius 1 is 1.29 bits per heavy atom. The third-order valence-corrected chi connectivity index (χ3v) is 1.80. The SMILES string of the molecule is NCc1noc(Cc2ccncc2)n1. The zero-order valence-electron chi connectivity index (χ0n) is 7.55. The number of hydrogen-bond acceptors (Lipinski definition) is 5. The minimum atomic E-state index is 0.305. The van der Waals surface area contributed by atoms with E-state index in [-0.39, 0.29) is 0 Å². The standard InChI is InChI=1S/C9H10N4O/c10-6-8-12-9(14-13-8)5-7-1-3-11-4-2-7/h1-4H,5-6,10H2. The van der Waals surface area contributed by atoms with Gasteiger partial charge in [-0.15, -0.1) is 0 Å². The monoisotopic (exact) mass is 190 g/mol. The Kier molecular flexibility index (Phi) is 2.51. The van der Waals surface area contributed by atoms with E-state index in [9.17, 15) is 0 Å². The van der Waals surface area contributed by atoms with Crippen molar-refractivity contribution in [3.63, 3.8) is 0 Å². The molecular weight excluding hydrogens is 180 g/mol. The van der Waals surface area contributed by atoms with Crippen LogP contribution < -0.4 is 5.73 Å². The second kappa shape index (κ2) is 3.97. The van der Waals surface area contributed by atoms with Crippen molar-refractivity contribution in [2.24, 2.45) is 5.73 Å². The number of rotatable bonds is 3. The highest BCUT2D eigenvalue weighted by molar-refractivity contribution is 5.13. The maximum Gasteiger partial charge on any atom is 0.231 e. The number of nitrogens with two attached hydrogens (primary N) is 1. The third-order valence-electron chi connectivity index (χ3n) is 1.80. The van der Waals surface area contributed by atoms with Gasteiger partial charge in [-0.25, -0.2) is 0 Å². The van der Waals surface area contributed by atoms with Gasteiger partial charge in [0.2, 0.25) is 5.89 Å². The molecule has 0 radical (unpaired) electrons. The van der Waals surface area contributed by atoms with E-state index in [1.807, 2.05) is 12.1 Å². The molecule has 2 aromatic heterocycles. The van der Waals surface area contributed by atoms with Crippen LogP contribution in [0.2, 0.25) is 0 Å². The van der Waals surface area contributed by atoms with Crippen molar-refractivity contribution in [3.05, 3.63) is 41.8 Å². The molecule has 0 amide bonds. The molecule has 0 fully saturated rings. The Labute approximate surface area is 81.0 Å². The molecule has 0 unspecified atom stereocenters. The Morgan fingerprint density at radius 3 is 2.71 bits per heavy atom. The molecule has 0 saturated heterocycles. The van der Waals surface area contributed by atoms with Crippen LogP contribution in [0, 0.1) is 0 Å². The van der Waals surface area contributed by atoms with E-state index in [1.165, 1.54) is 0 Å². The number of hydrogen-bond donors (Lipinski definition) is 1. The van der Waals surface area contributed by atoms with E-state index in [4.69, 9.17) is 10.3 Å². The summed E-state index contributed by atoms with van der Waals surface area (Å²) in [6, 6.07) is 3.82. The predicted octanol–water partition coefficient (Wildman–Crippen LogP) is 0.514. The summed E-state index contributed by atoms with van der Waals surface area (Å²) in [5.41, 5.74) is 6.45. The van der Waals surface area contributed by atoms with Crippen LogP contribution in [0.4, 0.5) is 0 Å². The lowest BCUT2D eigenvalue weighted by Crippen LogP contribution is -1.98. The van der Waals surface area contributed by atoms with Gasteiger partial charge in [0.05, 0.1) is 13.0 Å². The van der Waals surface area contributed by atoms with Gasteiger partial charge in [0, 0.05) is 12.4 Å². The minimum absolute atomic E-state index is 0.305. The summed E-state index contributed by atoms with van der Waals surface area (Å²) in [5, 5.41) is 3.70. The molecule has 0 saturated carbocycles. The maximum absolute atomic E-state index is 5.36. The van der Waals surface area contributed by atoms with Crippen LogP contribution in [0.1, 0.15) is 17.3 Å². The minimum Gasteiger partial charge on any atom is -0.339 e. The predicted molar refractivity (Wildman–Crippen MR) is 49.2 cm³/mol. The first-order valence-corrected chi connectivity index (χ1v) is 4.29. The molecule has 72 valence electrons. The van der Waals surface area contributed by atoms with Gasteiger partial charge in [-0.2, -0.15) is 4.98 Å². The molecule has 2 aromatic rings. The van der Waals surface area contributed by atoms with Crippen molar-refractivity contribution < 1.29 is 4.52 Å². The van der Waals surface area contributed by atoms with Crippen molar-refractivity contribution in [1.82, 2.24) is 15.1 Å². The second-order valence-electron chi connectivity index (χ2n) is 2.84. The average Bonchev–Trinajstić information content (AvgIpc) is 2.67. The topological polar surface area (TPSA) is 77.8 Å². The molecular formula is C9H10N4O. The quantitative estimate of drug-likeness (QED) is 0.763. The first-order chi connectivity index (χ1) is 6.88. The molecule has 5 heteroatoms. The molecule has 2 rings (SSSR count). The van der Waals surface area contributed by atoms with Crippen LogP contribution in [-0.4, -0.2) is 15.1 Å². The van der Waals surface area contributed by atoms with Gasteiger partial charge in [-0.1, -0.05) is 5.16 Å². The van der Waals surface area contributed by atoms with Crippen molar-refractivity contribution >= 4 is 0 Å². The lowest BCUT2D eigenvalue weighted by Gasteiger charge is -1.93. The molecule has 2 heterocycles. The molecule has 0 aliphatic carbocycles. The maximum atomic E-state index is 5.36. The molecule has 14 heavy (non-hydrogen) atoms. The Hall–Kier alpha value is -1.75. The lowest BCUT2D eigenvalue weighted by molar-refractivity contribution is 0.379. The highest BCUT2D eigenvalue weighted by Gasteiger charge is 2.04. The lowest BCUT2D eigenvalue weighted by atomic mass is 10.2. The van der Waals surface area contributed by atoms with Crippen molar-refractivity contribution in [2.75, 3.05) is 0 Å². The summed E-state index contributed by atoms with van der Waals surface area (Å²) in [6.45, 7) is 0.305. The van der Waals surface area contributed by atoms with E-state index in [2.05, 4.69) is 15.1 Å². The van der Waals surface area contributed by atoms with E-state index < -0.39 is 0 Å². The van der Waals surface area contributed by atoms with Crippen LogP contribution in [-0.2, 0) is 13.0 Å². The average molecular weight is 190 g/mol. The zero-order chi connectivity index (χ0) is 9.80. The summed E-state index contributed by atoms with van der Waals surface area (Å²) >= 11 is 0. The van der Waals surface area contributed by atoms with Crippen LogP contribution in [0.15, 0.2) is 29.0 Å². The van der Waals surface area contributed by atoms with E-state index >= 15 is 0 Å². The summed E-state index contributed by atoms with van der Waals surface area (Å²) < 4.78 is 5.00. The van der Waals surface area contributed by atoms with Crippen LogP contribution in [0.3, 0.4) is 0 Å².